The minimum atomic E-state index is 1.06. The first-order chi connectivity index (χ1) is 3.41. The van der Waals surface area contributed by atoms with Gasteiger partial charge in [0.25, 0.3) is 0 Å². The molecule has 0 fully saturated rings. The van der Waals surface area contributed by atoms with E-state index < -0.39 is 0 Å². The van der Waals surface area contributed by atoms with Gasteiger partial charge >= 0.3 is 0 Å². The zero-order valence-electron chi connectivity index (χ0n) is 4.55. The molecular weight excluding hydrogens is 104 g/mol. The third-order valence-corrected chi connectivity index (χ3v) is 1.17. The smallest absolute Gasteiger partial charge is 0.0154 e. The lowest BCUT2D eigenvalue weighted by atomic mass is 10.6. The molecule has 7 heavy (non-hydrogen) atoms. The average molecular weight is 114 g/mol. The van der Waals surface area contributed by atoms with Crippen molar-refractivity contribution >= 4 is 11.8 Å². The molecule has 0 heterocycles. The van der Waals surface area contributed by atoms with E-state index in [1.54, 1.807) is 11.8 Å². The van der Waals surface area contributed by atoms with Gasteiger partial charge in [0.05, 0.1) is 0 Å². The Morgan fingerprint density at radius 2 is 2.43 bits per heavy atom. The average Bonchev–Trinajstić information content (AvgIpc) is 1.69. The summed E-state index contributed by atoms with van der Waals surface area (Å²) in [6, 6.07) is 0. The second-order valence-corrected chi connectivity index (χ2v) is 2.07. The van der Waals surface area contributed by atoms with Gasteiger partial charge in [-0.3, -0.25) is 0 Å². The number of thioether (sulfide) groups is 1. The van der Waals surface area contributed by atoms with Gasteiger partial charge in [0.1, 0.15) is 0 Å². The number of hydrogen-bond donors (Lipinski definition) is 0. The Balaban J connectivity index is 2.82. The predicted octanol–water partition coefficient (Wildman–Crippen LogP) is 2.44. The van der Waals surface area contributed by atoms with Crippen LogP contribution in [-0.4, -0.2) is 5.75 Å². The summed E-state index contributed by atoms with van der Waals surface area (Å²) in [5.41, 5.74) is 0. The maximum absolute atomic E-state index is 3.56. The van der Waals surface area contributed by atoms with Crippen molar-refractivity contribution in [3.05, 3.63) is 24.1 Å². The SMILES string of the molecule is C=CSCC=CC. The fraction of sp³-hybridized carbons (Fsp3) is 0.333. The molecule has 0 amide bonds. The molecule has 0 N–H and O–H groups in total. The standard InChI is InChI=1S/C6H10S/c1-3-5-6-7-4-2/h3-5H,2,6H2,1H3. The third kappa shape index (κ3) is 5.83. The summed E-state index contributed by atoms with van der Waals surface area (Å²) in [6.07, 6.45) is 4.14. The Hall–Kier alpha value is -0.170. The molecule has 0 aliphatic heterocycles. The Bertz CT molecular complexity index is 64.6. The molecule has 40 valence electrons. The second kappa shape index (κ2) is 5.83. The Morgan fingerprint density at radius 1 is 1.71 bits per heavy atom. The molecule has 0 bridgehead atoms. The van der Waals surface area contributed by atoms with Crippen LogP contribution in [0.1, 0.15) is 6.92 Å². The molecular formula is C6H10S. The lowest BCUT2D eigenvalue weighted by Gasteiger charge is -1.79. The molecule has 0 radical (unpaired) electrons. The minimum Gasteiger partial charge on any atom is -0.131 e. The highest BCUT2D eigenvalue weighted by Gasteiger charge is 1.68. The summed E-state index contributed by atoms with van der Waals surface area (Å²) < 4.78 is 0. The molecule has 0 spiro atoms. The summed E-state index contributed by atoms with van der Waals surface area (Å²) in [5.74, 6) is 1.06. The molecule has 1 heteroatoms. The maximum atomic E-state index is 3.56. The Morgan fingerprint density at radius 3 is 2.86 bits per heavy atom. The molecule has 0 aliphatic carbocycles. The summed E-state index contributed by atoms with van der Waals surface area (Å²) in [7, 11) is 0. The van der Waals surface area contributed by atoms with Gasteiger partial charge in [0.2, 0.25) is 0 Å². The lowest BCUT2D eigenvalue weighted by Crippen LogP contribution is -1.60. The van der Waals surface area contributed by atoms with E-state index in [0.29, 0.717) is 0 Å². The van der Waals surface area contributed by atoms with E-state index in [1.807, 2.05) is 18.4 Å². The highest BCUT2D eigenvalue weighted by atomic mass is 32.2. The molecule has 0 rings (SSSR count). The van der Waals surface area contributed by atoms with Crippen LogP contribution in [0.15, 0.2) is 24.1 Å². The van der Waals surface area contributed by atoms with Crippen molar-refractivity contribution in [1.29, 1.82) is 0 Å². The van der Waals surface area contributed by atoms with E-state index in [2.05, 4.69) is 12.7 Å². The van der Waals surface area contributed by atoms with Crippen molar-refractivity contribution in [2.75, 3.05) is 5.75 Å². The Labute approximate surface area is 49.3 Å². The summed E-state index contributed by atoms with van der Waals surface area (Å²) in [5, 5.41) is 1.85. The van der Waals surface area contributed by atoms with Crippen LogP contribution < -0.4 is 0 Å². The number of hydrogen-bond acceptors (Lipinski definition) is 1. The first-order valence-corrected chi connectivity index (χ1v) is 3.30. The van der Waals surface area contributed by atoms with Gasteiger partial charge in [-0.15, -0.1) is 11.8 Å². The van der Waals surface area contributed by atoms with Crippen molar-refractivity contribution in [1.82, 2.24) is 0 Å². The summed E-state index contributed by atoms with van der Waals surface area (Å²) >= 11 is 1.71. The van der Waals surface area contributed by atoms with Gasteiger partial charge in [0.15, 0.2) is 0 Å². The highest BCUT2D eigenvalue weighted by molar-refractivity contribution is 8.02. The monoisotopic (exact) mass is 114 g/mol. The zero-order valence-corrected chi connectivity index (χ0v) is 5.37. The predicted molar refractivity (Wildman–Crippen MR) is 37.5 cm³/mol. The van der Waals surface area contributed by atoms with Crippen LogP contribution in [0.5, 0.6) is 0 Å². The van der Waals surface area contributed by atoms with E-state index in [0.717, 1.165) is 5.75 Å². The molecule has 0 aromatic carbocycles. The van der Waals surface area contributed by atoms with Crippen molar-refractivity contribution in [3.8, 4) is 0 Å². The molecule has 0 aliphatic rings. The van der Waals surface area contributed by atoms with E-state index in [4.69, 9.17) is 0 Å². The molecule has 0 aromatic rings. The summed E-state index contributed by atoms with van der Waals surface area (Å²) in [4.78, 5) is 0. The van der Waals surface area contributed by atoms with E-state index in [9.17, 15) is 0 Å². The molecule has 0 saturated carbocycles. The molecule has 0 atom stereocenters. The minimum absolute atomic E-state index is 1.06. The lowest BCUT2D eigenvalue weighted by molar-refractivity contribution is 1.66. The van der Waals surface area contributed by atoms with Crippen molar-refractivity contribution < 1.29 is 0 Å². The van der Waals surface area contributed by atoms with Gasteiger partial charge in [-0.1, -0.05) is 18.7 Å². The van der Waals surface area contributed by atoms with Crippen LogP contribution in [0.3, 0.4) is 0 Å². The van der Waals surface area contributed by atoms with Crippen LogP contribution in [0, 0.1) is 0 Å². The van der Waals surface area contributed by atoms with Crippen LogP contribution in [0.25, 0.3) is 0 Å². The van der Waals surface area contributed by atoms with Crippen molar-refractivity contribution in [2.45, 2.75) is 6.92 Å². The van der Waals surface area contributed by atoms with Crippen molar-refractivity contribution in [2.24, 2.45) is 0 Å². The van der Waals surface area contributed by atoms with Gasteiger partial charge in [-0.05, 0) is 12.3 Å². The maximum Gasteiger partial charge on any atom is 0.0154 e. The normalized spacial score (nSPS) is 9.86. The van der Waals surface area contributed by atoms with Gasteiger partial charge in [-0.2, -0.15) is 0 Å². The van der Waals surface area contributed by atoms with E-state index in [1.165, 1.54) is 0 Å². The van der Waals surface area contributed by atoms with E-state index >= 15 is 0 Å². The quantitative estimate of drug-likeness (QED) is 0.401. The molecule has 0 saturated heterocycles. The van der Waals surface area contributed by atoms with E-state index in [-0.39, 0.29) is 0 Å². The number of rotatable bonds is 3. The molecule has 0 nitrogen and oxygen atoms in total. The van der Waals surface area contributed by atoms with Crippen LogP contribution in [0.2, 0.25) is 0 Å². The number of allylic oxidation sites excluding steroid dienone is 1. The largest absolute Gasteiger partial charge is 0.131 e. The topological polar surface area (TPSA) is 0 Å². The van der Waals surface area contributed by atoms with Gasteiger partial charge < -0.3 is 0 Å². The molecule has 0 unspecified atom stereocenters. The van der Waals surface area contributed by atoms with Crippen LogP contribution >= 0.6 is 11.8 Å². The third-order valence-electron chi connectivity index (χ3n) is 0.546. The summed E-state index contributed by atoms with van der Waals surface area (Å²) in [6.45, 7) is 5.58. The first-order valence-electron chi connectivity index (χ1n) is 2.25. The fourth-order valence-electron chi connectivity index (χ4n) is 0.220. The highest BCUT2D eigenvalue weighted by Crippen LogP contribution is 1.98. The van der Waals surface area contributed by atoms with Gasteiger partial charge in [-0.25, -0.2) is 0 Å². The Kier molecular flexibility index (Phi) is 5.69. The fourth-order valence-corrected chi connectivity index (χ4v) is 0.659. The first kappa shape index (κ1) is 6.83. The van der Waals surface area contributed by atoms with Crippen LogP contribution in [0.4, 0.5) is 0 Å². The zero-order chi connectivity index (χ0) is 5.54. The van der Waals surface area contributed by atoms with Crippen LogP contribution in [-0.2, 0) is 0 Å². The second-order valence-electron chi connectivity index (χ2n) is 1.07. The molecule has 0 aromatic heterocycles. The van der Waals surface area contributed by atoms with Gasteiger partial charge in [0, 0.05) is 5.75 Å². The van der Waals surface area contributed by atoms with Crippen molar-refractivity contribution in [3.63, 3.8) is 0 Å².